The quantitative estimate of drug-likeness (QED) is 0.800. The van der Waals surface area contributed by atoms with Crippen LogP contribution in [0, 0.1) is 24.2 Å². The van der Waals surface area contributed by atoms with Crippen molar-refractivity contribution in [1.82, 2.24) is 14.8 Å². The van der Waals surface area contributed by atoms with Crippen molar-refractivity contribution < 1.29 is 4.39 Å². The van der Waals surface area contributed by atoms with Gasteiger partial charge in [0.2, 0.25) is 5.95 Å². The van der Waals surface area contributed by atoms with Crippen LogP contribution in [0.1, 0.15) is 36.7 Å². The number of nitriles is 1. The summed E-state index contributed by atoms with van der Waals surface area (Å²) < 4.78 is 15.1. The standard InChI is InChI=1S/C15H15FN4/c1-4-5-10(2)12-7-14(16)18-15(8-12)20-11(3)6-13(9-17)19-20/h6-8H,2,4-5H2,1,3H3. The molecule has 102 valence electrons. The van der Waals surface area contributed by atoms with Crippen LogP contribution in [0.5, 0.6) is 0 Å². The molecule has 20 heavy (non-hydrogen) atoms. The minimum absolute atomic E-state index is 0.280. The average Bonchev–Trinajstić information content (AvgIpc) is 2.79. The van der Waals surface area contributed by atoms with Crippen LogP contribution in [0.2, 0.25) is 0 Å². The first-order chi connectivity index (χ1) is 9.55. The summed E-state index contributed by atoms with van der Waals surface area (Å²) in [6.07, 6.45) is 1.74. The van der Waals surface area contributed by atoms with Crippen molar-refractivity contribution in [3.63, 3.8) is 0 Å². The lowest BCUT2D eigenvalue weighted by Crippen LogP contribution is -2.04. The first kappa shape index (κ1) is 13.9. The monoisotopic (exact) mass is 270 g/mol. The molecule has 0 spiro atoms. The number of nitrogens with zero attached hydrogens (tertiary/aromatic N) is 4. The highest BCUT2D eigenvalue weighted by molar-refractivity contribution is 5.64. The highest BCUT2D eigenvalue weighted by Crippen LogP contribution is 2.21. The number of hydrogen-bond acceptors (Lipinski definition) is 3. The van der Waals surface area contributed by atoms with E-state index < -0.39 is 5.95 Å². The van der Waals surface area contributed by atoms with E-state index in [0.717, 1.165) is 24.1 Å². The molecule has 0 radical (unpaired) electrons. The summed E-state index contributed by atoms with van der Waals surface area (Å²) in [7, 11) is 0. The van der Waals surface area contributed by atoms with E-state index in [0.29, 0.717) is 11.4 Å². The number of allylic oxidation sites excluding steroid dienone is 1. The smallest absolute Gasteiger partial charge is 0.215 e. The molecule has 0 bridgehead atoms. The van der Waals surface area contributed by atoms with Crippen molar-refractivity contribution in [3.8, 4) is 11.9 Å². The molecule has 2 aromatic heterocycles. The molecule has 0 N–H and O–H groups in total. The Kier molecular flexibility index (Phi) is 3.94. The highest BCUT2D eigenvalue weighted by atomic mass is 19.1. The molecule has 0 fully saturated rings. The van der Waals surface area contributed by atoms with Gasteiger partial charge >= 0.3 is 0 Å². The molecule has 2 rings (SSSR count). The third kappa shape index (κ3) is 2.75. The van der Waals surface area contributed by atoms with Gasteiger partial charge in [-0.2, -0.15) is 14.8 Å². The maximum Gasteiger partial charge on any atom is 0.215 e. The molecule has 0 aliphatic rings. The van der Waals surface area contributed by atoms with Gasteiger partial charge in [0.25, 0.3) is 0 Å². The molecule has 2 aromatic rings. The maximum atomic E-state index is 13.7. The van der Waals surface area contributed by atoms with Gasteiger partial charge in [-0.15, -0.1) is 0 Å². The number of halogens is 1. The fourth-order valence-corrected chi connectivity index (χ4v) is 2.00. The Balaban J connectivity index is 2.49. The van der Waals surface area contributed by atoms with Gasteiger partial charge in [0.1, 0.15) is 6.07 Å². The van der Waals surface area contributed by atoms with Crippen LogP contribution in [0.15, 0.2) is 24.8 Å². The Morgan fingerprint density at radius 3 is 2.80 bits per heavy atom. The second kappa shape index (κ2) is 5.66. The molecule has 0 aliphatic carbocycles. The van der Waals surface area contributed by atoms with E-state index in [2.05, 4.69) is 16.7 Å². The van der Waals surface area contributed by atoms with Gasteiger partial charge in [0.15, 0.2) is 11.5 Å². The van der Waals surface area contributed by atoms with Crippen molar-refractivity contribution in [2.75, 3.05) is 0 Å². The molecule has 2 heterocycles. The summed E-state index contributed by atoms with van der Waals surface area (Å²) in [4.78, 5) is 3.84. The highest BCUT2D eigenvalue weighted by Gasteiger charge is 2.11. The first-order valence-electron chi connectivity index (χ1n) is 6.38. The Morgan fingerprint density at radius 2 is 2.20 bits per heavy atom. The van der Waals surface area contributed by atoms with E-state index in [1.165, 1.54) is 10.7 Å². The zero-order chi connectivity index (χ0) is 14.7. The molecular weight excluding hydrogens is 255 g/mol. The molecule has 4 nitrogen and oxygen atoms in total. The van der Waals surface area contributed by atoms with Crippen LogP contribution in [0.25, 0.3) is 11.4 Å². The van der Waals surface area contributed by atoms with Gasteiger partial charge in [-0.25, -0.2) is 9.67 Å². The molecule has 5 heteroatoms. The lowest BCUT2D eigenvalue weighted by Gasteiger charge is -2.08. The van der Waals surface area contributed by atoms with Gasteiger partial charge in [-0.05, 0) is 36.6 Å². The summed E-state index contributed by atoms with van der Waals surface area (Å²) in [5.41, 5.74) is 2.58. The van der Waals surface area contributed by atoms with Crippen LogP contribution < -0.4 is 0 Å². The Morgan fingerprint density at radius 1 is 1.45 bits per heavy atom. The fraction of sp³-hybridized carbons (Fsp3) is 0.267. The summed E-state index contributed by atoms with van der Waals surface area (Å²) in [6, 6.07) is 6.70. The summed E-state index contributed by atoms with van der Waals surface area (Å²) in [6.45, 7) is 7.79. The summed E-state index contributed by atoms with van der Waals surface area (Å²) >= 11 is 0. The van der Waals surface area contributed by atoms with Crippen molar-refractivity contribution in [1.29, 1.82) is 5.26 Å². The van der Waals surface area contributed by atoms with Crippen LogP contribution in [0.3, 0.4) is 0 Å². The third-order valence-corrected chi connectivity index (χ3v) is 2.96. The third-order valence-electron chi connectivity index (χ3n) is 2.96. The SMILES string of the molecule is C=C(CCC)c1cc(F)nc(-n2nc(C#N)cc2C)c1. The summed E-state index contributed by atoms with van der Waals surface area (Å²) in [5, 5.41) is 12.9. The molecule has 0 aliphatic heterocycles. The maximum absolute atomic E-state index is 13.7. The number of aromatic nitrogens is 3. The second-order valence-electron chi connectivity index (χ2n) is 4.58. The van der Waals surface area contributed by atoms with E-state index in [1.807, 2.05) is 13.0 Å². The van der Waals surface area contributed by atoms with E-state index in [-0.39, 0.29) is 5.69 Å². The largest absolute Gasteiger partial charge is 0.218 e. The van der Waals surface area contributed by atoms with Crippen LogP contribution in [-0.4, -0.2) is 14.8 Å². The molecule has 0 amide bonds. The molecular formula is C15H15FN4. The van der Waals surface area contributed by atoms with Crippen LogP contribution in [-0.2, 0) is 0 Å². The van der Waals surface area contributed by atoms with E-state index in [9.17, 15) is 4.39 Å². The van der Waals surface area contributed by atoms with Crippen molar-refractivity contribution in [2.24, 2.45) is 0 Å². The van der Waals surface area contributed by atoms with Crippen LogP contribution >= 0.6 is 0 Å². The average molecular weight is 270 g/mol. The number of hydrogen-bond donors (Lipinski definition) is 0. The van der Waals surface area contributed by atoms with E-state index in [4.69, 9.17) is 5.26 Å². The number of rotatable bonds is 4. The molecule has 0 saturated heterocycles. The predicted molar refractivity (Wildman–Crippen MR) is 74.7 cm³/mol. The predicted octanol–water partition coefficient (Wildman–Crippen LogP) is 3.40. The van der Waals surface area contributed by atoms with Crippen molar-refractivity contribution in [3.05, 3.63) is 47.7 Å². The molecule has 0 aromatic carbocycles. The zero-order valence-corrected chi connectivity index (χ0v) is 11.5. The van der Waals surface area contributed by atoms with Crippen molar-refractivity contribution in [2.45, 2.75) is 26.7 Å². The fourth-order valence-electron chi connectivity index (χ4n) is 2.00. The molecule has 0 unspecified atom stereocenters. The lowest BCUT2D eigenvalue weighted by molar-refractivity contribution is 0.576. The minimum Gasteiger partial charge on any atom is -0.218 e. The topological polar surface area (TPSA) is 54.5 Å². The van der Waals surface area contributed by atoms with Gasteiger partial charge in [0.05, 0.1) is 0 Å². The van der Waals surface area contributed by atoms with E-state index in [1.54, 1.807) is 19.1 Å². The van der Waals surface area contributed by atoms with Crippen molar-refractivity contribution >= 4 is 5.57 Å². The Labute approximate surface area is 117 Å². The molecule has 0 saturated carbocycles. The zero-order valence-electron chi connectivity index (χ0n) is 11.5. The van der Waals surface area contributed by atoms with Gasteiger partial charge in [-0.3, -0.25) is 0 Å². The normalized spacial score (nSPS) is 10.3. The number of aryl methyl sites for hydroxylation is 1. The van der Waals surface area contributed by atoms with Gasteiger partial charge in [-0.1, -0.05) is 19.9 Å². The lowest BCUT2D eigenvalue weighted by atomic mass is 10.0. The Bertz CT molecular complexity index is 694. The van der Waals surface area contributed by atoms with E-state index >= 15 is 0 Å². The second-order valence-corrected chi connectivity index (χ2v) is 4.58. The first-order valence-corrected chi connectivity index (χ1v) is 6.38. The van der Waals surface area contributed by atoms with Gasteiger partial charge < -0.3 is 0 Å². The minimum atomic E-state index is -0.580. The van der Waals surface area contributed by atoms with Gasteiger partial charge in [0, 0.05) is 11.8 Å². The number of pyridine rings is 1. The Hall–Kier alpha value is -2.48. The molecule has 0 atom stereocenters. The van der Waals surface area contributed by atoms with Crippen LogP contribution in [0.4, 0.5) is 4.39 Å². The summed E-state index contributed by atoms with van der Waals surface area (Å²) in [5.74, 6) is -0.223.